The molecule has 1 aromatic rings. The maximum atomic E-state index is 11.6. The van der Waals surface area contributed by atoms with Gasteiger partial charge >= 0.3 is 5.69 Å². The lowest BCUT2D eigenvalue weighted by Crippen LogP contribution is -2.28. The van der Waals surface area contributed by atoms with Crippen molar-refractivity contribution in [3.63, 3.8) is 0 Å². The molecule has 0 radical (unpaired) electrons. The lowest BCUT2D eigenvalue weighted by molar-refractivity contribution is -0.385. The molecule has 0 aliphatic rings. The maximum absolute atomic E-state index is 11.6. The molecule has 0 atom stereocenters. The van der Waals surface area contributed by atoms with Crippen LogP contribution < -0.4 is 5.32 Å². The summed E-state index contributed by atoms with van der Waals surface area (Å²) in [4.78, 5) is 21.6. The lowest BCUT2D eigenvalue weighted by atomic mass is 10.2. The van der Waals surface area contributed by atoms with Crippen LogP contribution in [0.1, 0.15) is 24.3 Å². The number of carbonyl (C=O) groups is 1. The van der Waals surface area contributed by atoms with Gasteiger partial charge in [-0.15, -0.1) is 0 Å². The van der Waals surface area contributed by atoms with Gasteiger partial charge < -0.3 is 5.32 Å². The van der Waals surface area contributed by atoms with Crippen molar-refractivity contribution in [2.75, 3.05) is 6.54 Å². The second kappa shape index (κ2) is 4.73. The average molecular weight is 226 g/mol. The minimum atomic E-state index is -0.614. The summed E-state index contributed by atoms with van der Waals surface area (Å²) in [5.74, 6) is -0.229. The zero-order valence-electron chi connectivity index (χ0n) is 9.43. The van der Waals surface area contributed by atoms with Crippen molar-refractivity contribution in [2.45, 2.75) is 13.8 Å². The number of nitrogens with one attached hydrogen (secondary N) is 1. The maximum Gasteiger partial charge on any atom is 0.320 e. The third kappa shape index (κ3) is 2.78. The molecule has 0 spiro atoms. The highest BCUT2D eigenvalue weighted by molar-refractivity contribution is 5.95. The Balaban J connectivity index is 2.86. The van der Waals surface area contributed by atoms with E-state index in [1.807, 2.05) is 13.8 Å². The third-order valence-electron chi connectivity index (χ3n) is 1.89. The largest absolute Gasteiger partial charge is 0.350 e. The number of aryl methyl sites for hydroxylation is 1. The highest BCUT2D eigenvalue weighted by Crippen LogP contribution is 2.15. The molecule has 88 valence electrons. The van der Waals surface area contributed by atoms with E-state index in [1.54, 1.807) is 0 Å². The first kappa shape index (κ1) is 12.2. The molecule has 1 N–H and O–H groups in total. The van der Waals surface area contributed by atoms with Crippen molar-refractivity contribution in [1.82, 2.24) is 15.1 Å². The Hall–Kier alpha value is -1.92. The van der Waals surface area contributed by atoms with Gasteiger partial charge in [-0.25, -0.2) is 0 Å². The number of hydrogen-bond donors (Lipinski definition) is 1. The Morgan fingerprint density at radius 3 is 2.81 bits per heavy atom. The Kier molecular flexibility index (Phi) is 3.60. The van der Waals surface area contributed by atoms with Gasteiger partial charge in [0.25, 0.3) is 5.91 Å². The summed E-state index contributed by atoms with van der Waals surface area (Å²) in [5, 5.41) is 17.0. The summed E-state index contributed by atoms with van der Waals surface area (Å²) in [6.07, 6.45) is 1.21. The molecule has 1 amide bonds. The van der Waals surface area contributed by atoms with E-state index < -0.39 is 10.8 Å². The van der Waals surface area contributed by atoms with Crippen molar-refractivity contribution < 1.29 is 9.72 Å². The van der Waals surface area contributed by atoms with Crippen LogP contribution in [0, 0.1) is 16.0 Å². The molecule has 1 aromatic heterocycles. The standard InChI is InChI=1S/C9H14N4O3/c1-6(2)4-10-9(14)8-7(13(15)16)5-12(3)11-8/h5-6H,4H2,1-3H3,(H,10,14). The zero-order chi connectivity index (χ0) is 12.3. The van der Waals surface area contributed by atoms with Crippen LogP contribution in [0.25, 0.3) is 0 Å². The van der Waals surface area contributed by atoms with Crippen molar-refractivity contribution in [2.24, 2.45) is 13.0 Å². The number of rotatable bonds is 4. The Morgan fingerprint density at radius 1 is 1.69 bits per heavy atom. The van der Waals surface area contributed by atoms with Crippen molar-refractivity contribution in [1.29, 1.82) is 0 Å². The van der Waals surface area contributed by atoms with Crippen molar-refractivity contribution in [3.05, 3.63) is 22.0 Å². The number of amides is 1. The summed E-state index contributed by atoms with van der Waals surface area (Å²) in [7, 11) is 1.53. The summed E-state index contributed by atoms with van der Waals surface area (Å²) in [6.45, 7) is 4.34. The molecule has 0 saturated heterocycles. The molecular formula is C9H14N4O3. The molecule has 0 unspecified atom stereocenters. The predicted octanol–water partition coefficient (Wildman–Crippen LogP) is 0.714. The molecule has 0 aliphatic carbocycles. The van der Waals surface area contributed by atoms with E-state index in [4.69, 9.17) is 0 Å². The monoisotopic (exact) mass is 226 g/mol. The van der Waals surface area contributed by atoms with E-state index in [0.29, 0.717) is 6.54 Å². The van der Waals surface area contributed by atoms with Crippen LogP contribution in [0.2, 0.25) is 0 Å². The van der Waals surface area contributed by atoms with E-state index >= 15 is 0 Å². The minimum Gasteiger partial charge on any atom is -0.350 e. The van der Waals surface area contributed by atoms with Gasteiger partial charge in [0, 0.05) is 13.6 Å². The molecule has 16 heavy (non-hydrogen) atoms. The van der Waals surface area contributed by atoms with Crippen LogP contribution in [0.4, 0.5) is 5.69 Å². The topological polar surface area (TPSA) is 90.1 Å². The minimum absolute atomic E-state index is 0.145. The second-order valence-electron chi connectivity index (χ2n) is 3.90. The van der Waals surface area contributed by atoms with E-state index in [1.165, 1.54) is 17.9 Å². The summed E-state index contributed by atoms with van der Waals surface area (Å²) >= 11 is 0. The zero-order valence-corrected chi connectivity index (χ0v) is 9.43. The van der Waals surface area contributed by atoms with E-state index in [0.717, 1.165) is 0 Å². The first-order valence-corrected chi connectivity index (χ1v) is 4.88. The van der Waals surface area contributed by atoms with Crippen molar-refractivity contribution >= 4 is 11.6 Å². The van der Waals surface area contributed by atoms with Crippen LogP contribution >= 0.6 is 0 Å². The van der Waals surface area contributed by atoms with Gasteiger partial charge in [0.2, 0.25) is 5.69 Å². The fourth-order valence-electron chi connectivity index (χ4n) is 1.15. The molecule has 7 nitrogen and oxygen atoms in total. The third-order valence-corrected chi connectivity index (χ3v) is 1.89. The molecule has 0 aromatic carbocycles. The van der Waals surface area contributed by atoms with Gasteiger partial charge in [0.15, 0.2) is 0 Å². The SMILES string of the molecule is CC(C)CNC(=O)c1nn(C)cc1[N+](=O)[O-]. The number of hydrogen-bond acceptors (Lipinski definition) is 4. The van der Waals surface area contributed by atoms with Gasteiger partial charge in [0.05, 0.1) is 4.92 Å². The van der Waals surface area contributed by atoms with E-state index in [2.05, 4.69) is 10.4 Å². The van der Waals surface area contributed by atoms with Gasteiger partial charge in [0.1, 0.15) is 6.20 Å². The van der Waals surface area contributed by atoms with Crippen LogP contribution in [0.3, 0.4) is 0 Å². The van der Waals surface area contributed by atoms with Crippen molar-refractivity contribution in [3.8, 4) is 0 Å². The highest BCUT2D eigenvalue weighted by Gasteiger charge is 2.24. The molecular weight excluding hydrogens is 212 g/mol. The number of nitrogens with zero attached hydrogens (tertiary/aromatic N) is 3. The quantitative estimate of drug-likeness (QED) is 0.604. The first-order chi connectivity index (χ1) is 7.41. The molecule has 7 heteroatoms. The Labute approximate surface area is 92.6 Å². The predicted molar refractivity (Wildman–Crippen MR) is 57.0 cm³/mol. The number of carbonyl (C=O) groups excluding carboxylic acids is 1. The number of nitro groups is 1. The molecule has 1 heterocycles. The molecule has 1 rings (SSSR count). The molecule has 0 saturated carbocycles. The van der Waals surface area contributed by atoms with Gasteiger partial charge in [-0.3, -0.25) is 19.6 Å². The fourth-order valence-corrected chi connectivity index (χ4v) is 1.15. The Bertz CT molecular complexity index is 411. The molecule has 0 fully saturated rings. The van der Waals surface area contributed by atoms with Gasteiger partial charge in [-0.1, -0.05) is 13.8 Å². The van der Waals surface area contributed by atoms with E-state index in [-0.39, 0.29) is 17.3 Å². The van der Waals surface area contributed by atoms with Gasteiger partial charge in [-0.05, 0) is 5.92 Å². The fraction of sp³-hybridized carbons (Fsp3) is 0.556. The molecule has 0 bridgehead atoms. The normalized spacial score (nSPS) is 10.5. The summed E-state index contributed by atoms with van der Waals surface area (Å²) in [6, 6.07) is 0. The van der Waals surface area contributed by atoms with Crippen LogP contribution in [0.5, 0.6) is 0 Å². The van der Waals surface area contributed by atoms with Gasteiger partial charge in [-0.2, -0.15) is 5.10 Å². The highest BCUT2D eigenvalue weighted by atomic mass is 16.6. The first-order valence-electron chi connectivity index (χ1n) is 4.88. The van der Waals surface area contributed by atoms with E-state index in [9.17, 15) is 14.9 Å². The van der Waals surface area contributed by atoms with Crippen LogP contribution in [0.15, 0.2) is 6.20 Å². The number of aromatic nitrogens is 2. The average Bonchev–Trinajstić information content (AvgIpc) is 2.56. The molecule has 0 aliphatic heterocycles. The summed E-state index contributed by atoms with van der Waals surface area (Å²) < 4.78 is 1.25. The van der Waals surface area contributed by atoms with Crippen LogP contribution in [-0.2, 0) is 7.05 Å². The second-order valence-corrected chi connectivity index (χ2v) is 3.90. The van der Waals surface area contributed by atoms with Crippen LogP contribution in [-0.4, -0.2) is 27.2 Å². The summed E-state index contributed by atoms with van der Waals surface area (Å²) in [5.41, 5.74) is -0.420. The smallest absolute Gasteiger partial charge is 0.320 e. The Morgan fingerprint density at radius 2 is 2.31 bits per heavy atom. The lowest BCUT2D eigenvalue weighted by Gasteiger charge is -2.05.